The van der Waals surface area contributed by atoms with Gasteiger partial charge in [0.2, 0.25) is 0 Å². The van der Waals surface area contributed by atoms with Crippen molar-refractivity contribution < 1.29 is 1.37 Å². The summed E-state index contributed by atoms with van der Waals surface area (Å²) in [7, 11) is 0.500. The van der Waals surface area contributed by atoms with Crippen LogP contribution in [0.2, 0.25) is 3.97 Å². The molecule has 1 fully saturated rings. The predicted molar refractivity (Wildman–Crippen MR) is 52.8 cm³/mol. The molecule has 0 bridgehead atoms. The number of rotatable bonds is 1. The van der Waals surface area contributed by atoms with Crippen molar-refractivity contribution in [3.05, 3.63) is 0 Å². The first kappa shape index (κ1) is 8.21. The average molecular weight is 214 g/mol. The fourth-order valence-electron chi connectivity index (χ4n) is 1.76. The summed E-state index contributed by atoms with van der Waals surface area (Å²) >= 11 is 0.912. The molecule has 1 nitrogen and oxygen atoms in total. The van der Waals surface area contributed by atoms with Gasteiger partial charge >= 0.3 is 81.6 Å². The number of nitrogens with zero attached hydrogens (tertiary/aromatic N) is 1. The second kappa shape index (κ2) is 3.54. The van der Waals surface area contributed by atoms with Crippen LogP contribution in [0.15, 0.2) is 0 Å². The van der Waals surface area contributed by atoms with Crippen molar-refractivity contribution in [3.63, 3.8) is 0 Å². The van der Waals surface area contributed by atoms with E-state index in [4.69, 9.17) is 1.37 Å². The van der Waals surface area contributed by atoms with Crippen molar-refractivity contribution >= 4 is 18.6 Å². The molecule has 1 heterocycles. The van der Waals surface area contributed by atoms with Gasteiger partial charge in [0.15, 0.2) is 0 Å². The Morgan fingerprint density at radius 2 is 2.36 bits per heavy atom. The number of hydrogen-bond donors (Lipinski definition) is 0. The summed E-state index contributed by atoms with van der Waals surface area (Å²) in [6.07, 6.45) is 2.70. The molecule has 1 unspecified atom stereocenters. The Balaban J connectivity index is 2.46. The molecule has 1 aliphatic heterocycles. The van der Waals surface area contributed by atoms with Gasteiger partial charge in [0, 0.05) is 0 Å². The van der Waals surface area contributed by atoms with E-state index in [2.05, 4.69) is 18.7 Å². The normalized spacial score (nSPS) is 30.0. The van der Waals surface area contributed by atoms with Gasteiger partial charge in [0.1, 0.15) is 0 Å². The molecule has 0 radical (unpaired) electrons. The van der Waals surface area contributed by atoms with Crippen molar-refractivity contribution in [2.45, 2.75) is 30.7 Å². The Bertz CT molecular complexity index is 144. The quantitative estimate of drug-likeness (QED) is 0.592. The second-order valence-corrected chi connectivity index (χ2v) is 10.2. The van der Waals surface area contributed by atoms with Crippen molar-refractivity contribution in [1.29, 1.82) is 0 Å². The summed E-state index contributed by atoms with van der Waals surface area (Å²) in [6, 6.07) is 0. The predicted octanol–water partition coefficient (Wildman–Crippen LogP) is 1.16. The molecule has 0 amide bonds. The van der Waals surface area contributed by atoms with Crippen LogP contribution in [0.5, 0.6) is 0 Å². The molecule has 0 aromatic carbocycles. The van der Waals surface area contributed by atoms with E-state index in [1.54, 1.807) is 0 Å². The number of likely N-dealkylation sites (tertiary alicyclic amines) is 1. The maximum absolute atomic E-state index is 7.33. The Morgan fingerprint density at radius 3 is 2.91 bits per heavy atom. The van der Waals surface area contributed by atoms with Crippen molar-refractivity contribution in [2.75, 3.05) is 20.1 Å². The molecule has 0 aromatic rings. The van der Waals surface area contributed by atoms with Crippen LogP contribution in [0.4, 0.5) is 0 Å². The van der Waals surface area contributed by atoms with Gasteiger partial charge < -0.3 is 0 Å². The van der Waals surface area contributed by atoms with Crippen LogP contribution >= 0.6 is 0 Å². The molecule has 0 saturated carbocycles. The first-order chi connectivity index (χ1) is 5.54. The second-order valence-electron chi connectivity index (χ2n) is 4.78. The van der Waals surface area contributed by atoms with Gasteiger partial charge in [0.05, 0.1) is 0 Å². The van der Waals surface area contributed by atoms with Gasteiger partial charge in [-0.05, 0) is 0 Å². The van der Waals surface area contributed by atoms with E-state index in [-0.39, 0.29) is 0 Å². The van der Waals surface area contributed by atoms with Gasteiger partial charge in [-0.25, -0.2) is 0 Å². The first-order valence-corrected chi connectivity index (χ1v) is 6.65. The topological polar surface area (TPSA) is 3.24 Å². The molecule has 1 saturated heterocycles. The van der Waals surface area contributed by atoms with Gasteiger partial charge in [0.25, 0.3) is 0 Å². The molecule has 1 aliphatic rings. The van der Waals surface area contributed by atoms with Crippen LogP contribution in [0.1, 0.15) is 28.1 Å². The Labute approximate surface area is 81.9 Å². The Morgan fingerprint density at radius 1 is 1.64 bits per heavy atom. The average Bonchev–Trinajstić information content (AvgIpc) is 2.03. The van der Waals surface area contributed by atoms with E-state index in [1.165, 1.54) is 19.4 Å². The van der Waals surface area contributed by atoms with Crippen LogP contribution in [-0.2, 0) is 0 Å². The van der Waals surface area contributed by atoms with Crippen molar-refractivity contribution in [1.82, 2.24) is 4.90 Å². The minimum absolute atomic E-state index is 0.500. The van der Waals surface area contributed by atoms with Gasteiger partial charge in [-0.15, -0.1) is 0 Å². The van der Waals surface area contributed by atoms with Gasteiger partial charge in [-0.2, -0.15) is 0 Å². The van der Waals surface area contributed by atoms with Crippen LogP contribution in [-0.4, -0.2) is 43.6 Å². The summed E-state index contributed by atoms with van der Waals surface area (Å²) in [5.41, 5.74) is 0. The Hall–Kier alpha value is 0.596. The molecule has 11 heavy (non-hydrogen) atoms. The zero-order valence-electron chi connectivity index (χ0n) is 9.06. The van der Waals surface area contributed by atoms with Gasteiger partial charge in [-0.1, -0.05) is 0 Å². The van der Waals surface area contributed by atoms with E-state index in [0.717, 1.165) is 31.1 Å². The number of hydrogen-bond acceptors (Lipinski definition) is 1. The summed E-state index contributed by atoms with van der Waals surface area (Å²) in [5, 5.41) is 0. The summed E-state index contributed by atoms with van der Waals surface area (Å²) < 4.78 is 7.94. The zero-order chi connectivity index (χ0) is 9.19. The van der Waals surface area contributed by atoms with E-state index < -0.39 is 0 Å². The minimum atomic E-state index is 0.500. The van der Waals surface area contributed by atoms with E-state index in [1.807, 2.05) is 0 Å². The first-order valence-electron chi connectivity index (χ1n) is 5.26. The summed E-state index contributed by atoms with van der Waals surface area (Å²) in [5.74, 6) is 0.872. The SMILES string of the molecule is [3H]CN1CCCC([C](C)(C)[GaH2])C1. The summed E-state index contributed by atoms with van der Waals surface area (Å²) in [4.78, 5) is 2.28. The molecule has 0 aromatic heterocycles. The van der Waals surface area contributed by atoms with E-state index in [9.17, 15) is 0 Å². The van der Waals surface area contributed by atoms with E-state index >= 15 is 0 Å². The van der Waals surface area contributed by atoms with Crippen LogP contribution < -0.4 is 0 Å². The van der Waals surface area contributed by atoms with Crippen LogP contribution in [0.3, 0.4) is 0 Å². The third-order valence-electron chi connectivity index (χ3n) is 2.73. The van der Waals surface area contributed by atoms with Crippen LogP contribution in [0, 0.1) is 5.92 Å². The molecule has 1 rings (SSSR count). The van der Waals surface area contributed by atoms with Crippen molar-refractivity contribution in [3.8, 4) is 0 Å². The third-order valence-corrected chi connectivity index (χ3v) is 4.44. The molecule has 0 spiro atoms. The van der Waals surface area contributed by atoms with Gasteiger partial charge in [-0.3, -0.25) is 0 Å². The molecular weight excluding hydrogens is 192 g/mol. The molecule has 64 valence electrons. The zero-order valence-corrected chi connectivity index (χ0v) is 12.3. The molecule has 0 aliphatic carbocycles. The standard InChI is InChI=1S/C9H18N.Ga.2H/c1-8(2)9-5-4-6-10(3)7-9;;;/h9H,4-7H2,1-3H3;;;/i3T;;;. The van der Waals surface area contributed by atoms with E-state index in [0.29, 0.717) is 11.0 Å². The maximum atomic E-state index is 7.33. The third kappa shape index (κ3) is 2.84. The van der Waals surface area contributed by atoms with Crippen molar-refractivity contribution in [2.24, 2.45) is 5.92 Å². The molecule has 0 N–H and O–H groups in total. The number of piperidine rings is 1. The molecule has 2 heteroatoms. The molecule has 1 atom stereocenters. The fourth-order valence-corrected chi connectivity index (χ4v) is 2.75. The molecular formula is C9H20GaN. The Kier molecular flexibility index (Phi) is 2.64. The van der Waals surface area contributed by atoms with Crippen LogP contribution in [0.25, 0.3) is 0 Å². The summed E-state index contributed by atoms with van der Waals surface area (Å²) in [6.45, 7) is 7.12. The monoisotopic (exact) mass is 213 g/mol. The fraction of sp³-hybridized carbons (Fsp3) is 1.00.